The third-order valence-electron chi connectivity index (χ3n) is 3.84. The molecule has 1 aliphatic heterocycles. The number of carbonyl (C=O) groups is 2. The molecule has 1 saturated heterocycles. The summed E-state index contributed by atoms with van der Waals surface area (Å²) in [6.07, 6.45) is 1.63. The highest BCUT2D eigenvalue weighted by Gasteiger charge is 2.32. The molecule has 0 radical (unpaired) electrons. The van der Waals surface area contributed by atoms with Gasteiger partial charge in [-0.15, -0.1) is 5.10 Å². The fourth-order valence-electron chi connectivity index (χ4n) is 2.39. The minimum atomic E-state index is -0.546. The zero-order valence-corrected chi connectivity index (χ0v) is 16.1. The number of hydrogen-bond acceptors (Lipinski definition) is 5. The topological polar surface area (TPSA) is 82.9 Å². The summed E-state index contributed by atoms with van der Waals surface area (Å²) in [6, 6.07) is 14.8. The summed E-state index contributed by atoms with van der Waals surface area (Å²) in [4.78, 5) is 24.3. The zero-order chi connectivity index (χ0) is 19.2. The second kappa shape index (κ2) is 8.83. The fraction of sp³-hybridized carbons (Fsp3) is 0.158. The molecule has 138 valence electrons. The quantitative estimate of drug-likeness (QED) is 0.594. The molecule has 1 unspecified atom stereocenters. The molecule has 8 heteroatoms. The van der Waals surface area contributed by atoms with Crippen LogP contribution in [0, 0.1) is 6.92 Å². The summed E-state index contributed by atoms with van der Waals surface area (Å²) in [7, 11) is 0. The van der Waals surface area contributed by atoms with Gasteiger partial charge in [-0.1, -0.05) is 59.8 Å². The molecule has 0 bridgehead atoms. The molecule has 1 heterocycles. The maximum absolute atomic E-state index is 12.3. The van der Waals surface area contributed by atoms with Crippen LogP contribution in [0.4, 0.5) is 5.69 Å². The molecule has 0 aromatic heterocycles. The average molecular weight is 401 g/mol. The Bertz CT molecular complexity index is 915. The van der Waals surface area contributed by atoms with Crippen LogP contribution in [0.2, 0.25) is 5.02 Å². The van der Waals surface area contributed by atoms with E-state index < -0.39 is 5.25 Å². The van der Waals surface area contributed by atoms with Crippen LogP contribution in [0.5, 0.6) is 0 Å². The van der Waals surface area contributed by atoms with Gasteiger partial charge in [-0.3, -0.25) is 9.59 Å². The van der Waals surface area contributed by atoms with Gasteiger partial charge in [0.15, 0.2) is 5.17 Å². The van der Waals surface area contributed by atoms with E-state index in [1.165, 1.54) is 11.8 Å². The van der Waals surface area contributed by atoms with Crippen molar-refractivity contribution in [2.75, 3.05) is 5.32 Å². The second-order valence-corrected chi connectivity index (χ2v) is 7.42. The Balaban J connectivity index is 1.57. The highest BCUT2D eigenvalue weighted by atomic mass is 35.5. The van der Waals surface area contributed by atoms with E-state index in [0.29, 0.717) is 15.9 Å². The van der Waals surface area contributed by atoms with Crippen molar-refractivity contribution in [3.63, 3.8) is 0 Å². The van der Waals surface area contributed by atoms with Crippen LogP contribution >= 0.6 is 23.4 Å². The van der Waals surface area contributed by atoms with Gasteiger partial charge in [0.05, 0.1) is 6.21 Å². The summed E-state index contributed by atoms with van der Waals surface area (Å²) in [5.41, 5.74) is 2.33. The molecule has 2 N–H and O–H groups in total. The second-order valence-electron chi connectivity index (χ2n) is 5.82. The minimum absolute atomic E-state index is 0.0316. The Hall–Kier alpha value is -2.64. The van der Waals surface area contributed by atoms with Crippen LogP contribution < -0.4 is 10.6 Å². The number of anilines is 1. The number of thioether (sulfide) groups is 1. The van der Waals surface area contributed by atoms with E-state index in [2.05, 4.69) is 20.8 Å². The summed E-state index contributed by atoms with van der Waals surface area (Å²) in [6.45, 7) is 1.82. The number of benzene rings is 2. The maximum Gasteiger partial charge on any atom is 0.240 e. The highest BCUT2D eigenvalue weighted by Crippen LogP contribution is 2.25. The third kappa shape index (κ3) is 5.18. The van der Waals surface area contributed by atoms with E-state index in [1.807, 2.05) is 37.3 Å². The van der Waals surface area contributed by atoms with Gasteiger partial charge in [-0.2, -0.15) is 5.10 Å². The molecule has 3 rings (SSSR count). The maximum atomic E-state index is 12.3. The fourth-order valence-corrected chi connectivity index (χ4v) is 3.48. The van der Waals surface area contributed by atoms with Gasteiger partial charge < -0.3 is 10.6 Å². The van der Waals surface area contributed by atoms with E-state index in [4.69, 9.17) is 11.6 Å². The predicted molar refractivity (Wildman–Crippen MR) is 110 cm³/mol. The van der Waals surface area contributed by atoms with Gasteiger partial charge in [-0.25, -0.2) is 0 Å². The van der Waals surface area contributed by atoms with Gasteiger partial charge in [0.2, 0.25) is 11.8 Å². The first-order valence-corrected chi connectivity index (χ1v) is 9.47. The van der Waals surface area contributed by atoms with Crippen molar-refractivity contribution in [3.8, 4) is 0 Å². The van der Waals surface area contributed by atoms with Gasteiger partial charge in [0.1, 0.15) is 5.25 Å². The lowest BCUT2D eigenvalue weighted by molar-refractivity contribution is -0.122. The average Bonchev–Trinajstić information content (AvgIpc) is 2.99. The molecular weight excluding hydrogens is 384 g/mol. The molecule has 0 spiro atoms. The molecule has 0 saturated carbocycles. The molecule has 6 nitrogen and oxygen atoms in total. The molecule has 27 heavy (non-hydrogen) atoms. The van der Waals surface area contributed by atoms with Crippen molar-refractivity contribution in [1.82, 2.24) is 5.32 Å². The van der Waals surface area contributed by atoms with Crippen molar-refractivity contribution in [1.29, 1.82) is 0 Å². The third-order valence-corrected chi connectivity index (χ3v) is 5.33. The zero-order valence-electron chi connectivity index (χ0n) is 14.5. The smallest absolute Gasteiger partial charge is 0.240 e. The highest BCUT2D eigenvalue weighted by molar-refractivity contribution is 8.15. The number of hydrogen-bond donors (Lipinski definition) is 2. The molecule has 2 aromatic carbocycles. The minimum Gasteiger partial charge on any atom is -0.326 e. The van der Waals surface area contributed by atoms with E-state index in [9.17, 15) is 9.59 Å². The first-order valence-electron chi connectivity index (χ1n) is 8.21. The van der Waals surface area contributed by atoms with E-state index in [1.54, 1.807) is 24.4 Å². The molecule has 1 aliphatic rings. The van der Waals surface area contributed by atoms with Crippen molar-refractivity contribution >= 4 is 52.2 Å². The van der Waals surface area contributed by atoms with E-state index >= 15 is 0 Å². The Morgan fingerprint density at radius 2 is 2.04 bits per heavy atom. The van der Waals surface area contributed by atoms with Crippen LogP contribution in [0.3, 0.4) is 0 Å². The van der Waals surface area contributed by atoms with Gasteiger partial charge in [-0.05, 0) is 30.2 Å². The molecular formula is C19H17ClN4O2S. The SMILES string of the molecule is Cc1c(Cl)cccc1NC(=O)CC1S/C(=N/N=Cc2ccccc2)NC1=O. The normalized spacial score (nSPS) is 18.1. The van der Waals surface area contributed by atoms with Crippen LogP contribution in [0.15, 0.2) is 58.7 Å². The number of nitrogens with zero attached hydrogens (tertiary/aromatic N) is 2. The lowest BCUT2D eigenvalue weighted by Gasteiger charge is -2.10. The van der Waals surface area contributed by atoms with E-state index in [0.717, 1.165) is 11.1 Å². The number of amides is 2. The lowest BCUT2D eigenvalue weighted by Crippen LogP contribution is -2.28. The Morgan fingerprint density at radius 1 is 1.26 bits per heavy atom. The van der Waals surface area contributed by atoms with Crippen LogP contribution in [0.25, 0.3) is 0 Å². The number of amidine groups is 1. The summed E-state index contributed by atoms with van der Waals surface area (Å²) < 4.78 is 0. The molecule has 2 amide bonds. The monoisotopic (exact) mass is 400 g/mol. The molecule has 0 aliphatic carbocycles. The summed E-state index contributed by atoms with van der Waals surface area (Å²) >= 11 is 7.24. The largest absolute Gasteiger partial charge is 0.326 e. The molecule has 1 atom stereocenters. The number of rotatable bonds is 5. The van der Waals surface area contributed by atoms with Gasteiger partial charge >= 0.3 is 0 Å². The standard InChI is InChI=1S/C19H17ClN4O2S/c1-12-14(20)8-5-9-15(12)22-17(25)10-16-18(26)23-19(27-16)24-21-11-13-6-3-2-4-7-13/h2-9,11,16H,10H2,1H3,(H,22,25)(H,23,24,26). The summed E-state index contributed by atoms with van der Waals surface area (Å²) in [5, 5.41) is 13.8. The lowest BCUT2D eigenvalue weighted by atomic mass is 10.2. The number of carbonyl (C=O) groups excluding carboxylic acids is 2. The molecule has 2 aromatic rings. The Labute approximate surface area is 166 Å². The van der Waals surface area contributed by atoms with Crippen molar-refractivity contribution in [2.24, 2.45) is 10.2 Å². The summed E-state index contributed by atoms with van der Waals surface area (Å²) in [5.74, 6) is -0.520. The Kier molecular flexibility index (Phi) is 6.26. The van der Waals surface area contributed by atoms with Crippen LogP contribution in [0.1, 0.15) is 17.5 Å². The Morgan fingerprint density at radius 3 is 2.81 bits per heavy atom. The van der Waals surface area contributed by atoms with Gasteiger partial charge in [0.25, 0.3) is 0 Å². The van der Waals surface area contributed by atoms with Crippen molar-refractivity contribution in [3.05, 3.63) is 64.7 Å². The van der Waals surface area contributed by atoms with Crippen molar-refractivity contribution < 1.29 is 9.59 Å². The van der Waals surface area contributed by atoms with Crippen LogP contribution in [-0.2, 0) is 9.59 Å². The number of halogens is 1. The predicted octanol–water partition coefficient (Wildman–Crippen LogP) is 3.60. The van der Waals surface area contributed by atoms with E-state index in [-0.39, 0.29) is 18.2 Å². The number of nitrogens with one attached hydrogen (secondary N) is 2. The molecule has 1 fully saturated rings. The first kappa shape index (κ1) is 19.1. The van der Waals surface area contributed by atoms with Gasteiger partial charge in [0, 0.05) is 17.1 Å². The van der Waals surface area contributed by atoms with Crippen LogP contribution in [-0.4, -0.2) is 28.4 Å². The first-order chi connectivity index (χ1) is 13.0. The van der Waals surface area contributed by atoms with Crippen molar-refractivity contribution in [2.45, 2.75) is 18.6 Å².